The van der Waals surface area contributed by atoms with Crippen molar-refractivity contribution < 1.29 is 4.79 Å². The predicted octanol–water partition coefficient (Wildman–Crippen LogP) is 1.75. The highest BCUT2D eigenvalue weighted by Crippen LogP contribution is 2.20. The molecule has 0 radical (unpaired) electrons. The van der Waals surface area contributed by atoms with E-state index in [1.807, 2.05) is 23.2 Å². The van der Waals surface area contributed by atoms with Crippen LogP contribution in [0, 0.1) is 6.92 Å². The summed E-state index contributed by atoms with van der Waals surface area (Å²) in [6.07, 6.45) is 7.01. The van der Waals surface area contributed by atoms with Gasteiger partial charge >= 0.3 is 0 Å². The molecule has 1 fully saturated rings. The molecule has 1 aliphatic rings. The molecule has 0 unspecified atom stereocenters. The van der Waals surface area contributed by atoms with Gasteiger partial charge in [-0.05, 0) is 30.7 Å². The van der Waals surface area contributed by atoms with Gasteiger partial charge in [0.15, 0.2) is 0 Å². The molecule has 2 aromatic heterocycles. The van der Waals surface area contributed by atoms with Crippen LogP contribution >= 0.6 is 0 Å². The quantitative estimate of drug-likeness (QED) is 0.842. The topological polar surface area (TPSA) is 49.3 Å². The van der Waals surface area contributed by atoms with Gasteiger partial charge in [-0.2, -0.15) is 0 Å². The van der Waals surface area contributed by atoms with Crippen molar-refractivity contribution in [3.8, 4) is 0 Å². The number of hydrogen-bond donors (Lipinski definition) is 0. The third-order valence-corrected chi connectivity index (χ3v) is 3.83. The molecule has 1 aliphatic heterocycles. The van der Waals surface area contributed by atoms with E-state index in [1.165, 1.54) is 5.56 Å². The van der Waals surface area contributed by atoms with Crippen LogP contribution in [-0.2, 0) is 0 Å². The summed E-state index contributed by atoms with van der Waals surface area (Å²) in [6.45, 7) is 5.20. The van der Waals surface area contributed by atoms with Gasteiger partial charge in [-0.3, -0.25) is 14.8 Å². The molecule has 21 heavy (non-hydrogen) atoms. The van der Waals surface area contributed by atoms with Crippen molar-refractivity contribution >= 4 is 11.6 Å². The maximum Gasteiger partial charge on any atom is 0.255 e. The number of pyridine rings is 2. The van der Waals surface area contributed by atoms with Crippen LogP contribution in [0.25, 0.3) is 0 Å². The van der Waals surface area contributed by atoms with E-state index in [0.717, 1.165) is 31.9 Å². The highest BCUT2D eigenvalue weighted by Gasteiger charge is 2.23. The number of aryl methyl sites for hydroxylation is 1. The highest BCUT2D eigenvalue weighted by molar-refractivity contribution is 5.94. The van der Waals surface area contributed by atoms with Crippen molar-refractivity contribution in [3.05, 3.63) is 54.1 Å². The molecule has 0 aromatic carbocycles. The third-order valence-electron chi connectivity index (χ3n) is 3.83. The average Bonchev–Trinajstić information content (AvgIpc) is 2.56. The van der Waals surface area contributed by atoms with Crippen molar-refractivity contribution in [2.45, 2.75) is 6.92 Å². The van der Waals surface area contributed by atoms with Gasteiger partial charge in [0, 0.05) is 44.8 Å². The molecule has 3 heterocycles. The summed E-state index contributed by atoms with van der Waals surface area (Å²) >= 11 is 0. The second-order valence-electron chi connectivity index (χ2n) is 5.18. The zero-order valence-corrected chi connectivity index (χ0v) is 12.1. The van der Waals surface area contributed by atoms with E-state index in [-0.39, 0.29) is 5.91 Å². The molecule has 0 atom stereocenters. The van der Waals surface area contributed by atoms with E-state index in [1.54, 1.807) is 24.7 Å². The van der Waals surface area contributed by atoms with Crippen molar-refractivity contribution in [1.82, 2.24) is 14.9 Å². The summed E-state index contributed by atoms with van der Waals surface area (Å²) in [5, 5.41) is 0. The molecule has 108 valence electrons. The molecule has 2 aromatic rings. The third kappa shape index (κ3) is 2.86. The Hall–Kier alpha value is -2.43. The molecular formula is C16H18N4O. The highest BCUT2D eigenvalue weighted by atomic mass is 16.2. The predicted molar refractivity (Wildman–Crippen MR) is 81.3 cm³/mol. The Morgan fingerprint density at radius 2 is 1.81 bits per heavy atom. The minimum absolute atomic E-state index is 0.0608. The Bertz CT molecular complexity index is 621. The molecule has 3 rings (SSSR count). The zero-order chi connectivity index (χ0) is 14.7. The number of amides is 1. The molecule has 0 bridgehead atoms. The van der Waals surface area contributed by atoms with Crippen LogP contribution in [0.15, 0.2) is 43.0 Å². The normalized spacial score (nSPS) is 15.1. The molecule has 1 amide bonds. The summed E-state index contributed by atoms with van der Waals surface area (Å²) < 4.78 is 0. The first-order chi connectivity index (χ1) is 10.3. The van der Waals surface area contributed by atoms with Crippen LogP contribution in [0.4, 0.5) is 5.69 Å². The fourth-order valence-electron chi connectivity index (χ4n) is 2.61. The summed E-state index contributed by atoms with van der Waals surface area (Å²) in [5.41, 5.74) is 3.03. The van der Waals surface area contributed by atoms with E-state index in [9.17, 15) is 4.79 Å². The van der Waals surface area contributed by atoms with Crippen LogP contribution in [0.5, 0.6) is 0 Å². The fourth-order valence-corrected chi connectivity index (χ4v) is 2.61. The smallest absolute Gasteiger partial charge is 0.255 e. The number of piperazine rings is 1. The Morgan fingerprint density at radius 3 is 2.48 bits per heavy atom. The number of hydrogen-bond acceptors (Lipinski definition) is 4. The van der Waals surface area contributed by atoms with E-state index in [0.29, 0.717) is 5.56 Å². The Balaban J connectivity index is 1.66. The van der Waals surface area contributed by atoms with Crippen LogP contribution in [0.1, 0.15) is 15.9 Å². The number of nitrogens with zero attached hydrogens (tertiary/aromatic N) is 4. The van der Waals surface area contributed by atoms with Crippen LogP contribution in [-0.4, -0.2) is 47.0 Å². The zero-order valence-electron chi connectivity index (χ0n) is 12.1. The maximum atomic E-state index is 12.4. The van der Waals surface area contributed by atoms with Crippen LogP contribution in [0.2, 0.25) is 0 Å². The maximum absolute atomic E-state index is 12.4. The molecule has 0 spiro atoms. The fraction of sp³-hybridized carbons (Fsp3) is 0.312. The van der Waals surface area contributed by atoms with Crippen molar-refractivity contribution in [1.29, 1.82) is 0 Å². The minimum Gasteiger partial charge on any atom is -0.367 e. The van der Waals surface area contributed by atoms with Crippen molar-refractivity contribution in [2.75, 3.05) is 31.1 Å². The minimum atomic E-state index is 0.0608. The SMILES string of the molecule is Cc1ccncc1N1CCN(C(=O)c2cccnc2)CC1. The van der Waals surface area contributed by atoms with E-state index in [2.05, 4.69) is 21.8 Å². The first-order valence-corrected chi connectivity index (χ1v) is 7.10. The lowest BCUT2D eigenvalue weighted by Gasteiger charge is -2.36. The first kappa shape index (κ1) is 13.5. The van der Waals surface area contributed by atoms with Gasteiger partial charge in [-0.25, -0.2) is 0 Å². The van der Waals surface area contributed by atoms with Crippen molar-refractivity contribution in [2.24, 2.45) is 0 Å². The van der Waals surface area contributed by atoms with Gasteiger partial charge in [-0.1, -0.05) is 0 Å². The van der Waals surface area contributed by atoms with E-state index < -0.39 is 0 Å². The lowest BCUT2D eigenvalue weighted by Crippen LogP contribution is -2.49. The summed E-state index contributed by atoms with van der Waals surface area (Å²) in [6, 6.07) is 5.62. The lowest BCUT2D eigenvalue weighted by molar-refractivity contribution is 0.0746. The van der Waals surface area contributed by atoms with Gasteiger partial charge < -0.3 is 9.80 Å². The van der Waals surface area contributed by atoms with Gasteiger partial charge in [0.05, 0.1) is 17.4 Å². The molecule has 0 N–H and O–H groups in total. The Morgan fingerprint density at radius 1 is 1.05 bits per heavy atom. The molecule has 5 heteroatoms. The van der Waals surface area contributed by atoms with Gasteiger partial charge in [0.25, 0.3) is 5.91 Å². The summed E-state index contributed by atoms with van der Waals surface area (Å²) in [7, 11) is 0. The number of rotatable bonds is 2. The second kappa shape index (κ2) is 5.91. The Labute approximate surface area is 124 Å². The lowest BCUT2D eigenvalue weighted by atomic mass is 10.2. The molecule has 0 saturated carbocycles. The number of anilines is 1. The first-order valence-electron chi connectivity index (χ1n) is 7.10. The van der Waals surface area contributed by atoms with Crippen molar-refractivity contribution in [3.63, 3.8) is 0 Å². The molecule has 1 saturated heterocycles. The number of carbonyl (C=O) groups excluding carboxylic acids is 1. The second-order valence-corrected chi connectivity index (χ2v) is 5.18. The number of carbonyl (C=O) groups is 1. The Kier molecular flexibility index (Phi) is 3.81. The monoisotopic (exact) mass is 282 g/mol. The van der Waals surface area contributed by atoms with Crippen LogP contribution < -0.4 is 4.90 Å². The summed E-state index contributed by atoms with van der Waals surface area (Å²) in [5.74, 6) is 0.0608. The van der Waals surface area contributed by atoms with Crippen LogP contribution in [0.3, 0.4) is 0 Å². The largest absolute Gasteiger partial charge is 0.367 e. The standard InChI is InChI=1S/C16H18N4O/c1-13-4-6-18-12-15(13)19-7-9-20(10-8-19)16(21)14-3-2-5-17-11-14/h2-6,11-12H,7-10H2,1H3. The molecule has 0 aliphatic carbocycles. The van der Waals surface area contributed by atoms with Gasteiger partial charge in [0.2, 0.25) is 0 Å². The molecular weight excluding hydrogens is 264 g/mol. The average molecular weight is 282 g/mol. The van der Waals surface area contributed by atoms with E-state index in [4.69, 9.17) is 0 Å². The van der Waals surface area contributed by atoms with Gasteiger partial charge in [0.1, 0.15) is 0 Å². The van der Waals surface area contributed by atoms with Gasteiger partial charge in [-0.15, -0.1) is 0 Å². The molecule has 5 nitrogen and oxygen atoms in total. The number of aromatic nitrogens is 2. The summed E-state index contributed by atoms with van der Waals surface area (Å²) in [4.78, 5) is 24.7. The van der Waals surface area contributed by atoms with E-state index >= 15 is 0 Å².